The number of rotatable bonds is 2. The van der Waals surface area contributed by atoms with Crippen LogP contribution in [0.1, 0.15) is 97.5 Å². The summed E-state index contributed by atoms with van der Waals surface area (Å²) < 4.78 is 0. The molecule has 0 aromatic heterocycles. The molecule has 0 aliphatic heterocycles. The van der Waals surface area contributed by atoms with Gasteiger partial charge in [0, 0.05) is 11.6 Å². The number of benzene rings is 2. The van der Waals surface area contributed by atoms with Crippen molar-refractivity contribution in [1.29, 1.82) is 0 Å². The van der Waals surface area contributed by atoms with Crippen LogP contribution in [0.5, 0.6) is 0 Å². The average Bonchev–Trinajstić information content (AvgIpc) is 3.19. The van der Waals surface area contributed by atoms with Crippen molar-refractivity contribution >= 4 is 10.8 Å². The van der Waals surface area contributed by atoms with E-state index in [2.05, 4.69) is 95.1 Å². The predicted octanol–water partition coefficient (Wildman–Crippen LogP) is 8.99. The molecule has 0 saturated heterocycles. The van der Waals surface area contributed by atoms with Crippen molar-refractivity contribution in [3.05, 3.63) is 59.7 Å². The van der Waals surface area contributed by atoms with Crippen LogP contribution in [0, 0.1) is 28.6 Å². The van der Waals surface area contributed by atoms with Crippen molar-refractivity contribution in [3.8, 4) is 0 Å². The lowest BCUT2D eigenvalue weighted by molar-refractivity contribution is -0.0399. The number of hydrogen-bond acceptors (Lipinski definition) is 1. The zero-order chi connectivity index (χ0) is 24.6. The molecule has 1 heteroatoms. The van der Waals surface area contributed by atoms with Gasteiger partial charge in [0.15, 0.2) is 0 Å². The second-order valence-corrected chi connectivity index (χ2v) is 14.2. The highest BCUT2D eigenvalue weighted by Crippen LogP contribution is 2.68. The van der Waals surface area contributed by atoms with E-state index in [0.717, 1.165) is 23.7 Å². The monoisotopic (exact) mass is 469 g/mol. The minimum absolute atomic E-state index is 0.254. The molecule has 7 atom stereocenters. The summed E-state index contributed by atoms with van der Waals surface area (Å²) in [6.07, 6.45) is 13.8. The molecule has 188 valence electrons. The van der Waals surface area contributed by atoms with E-state index in [9.17, 15) is 0 Å². The second kappa shape index (κ2) is 8.20. The maximum absolute atomic E-state index is 2.75. The third-order valence-electron chi connectivity index (χ3n) is 11.9. The number of nitrogens with zero attached hydrogens (tertiary/aromatic N) is 1. The zero-order valence-electron chi connectivity index (χ0n) is 23.1. The van der Waals surface area contributed by atoms with Gasteiger partial charge in [-0.15, -0.1) is 0 Å². The summed E-state index contributed by atoms with van der Waals surface area (Å²) >= 11 is 0. The Kier molecular flexibility index (Phi) is 5.57. The fourth-order valence-electron chi connectivity index (χ4n) is 9.49. The summed E-state index contributed by atoms with van der Waals surface area (Å²) in [7, 11) is 2.36. The van der Waals surface area contributed by atoms with Crippen LogP contribution in [0.15, 0.2) is 54.1 Å². The standard InChI is InChI=1S/C34H47N/c1-32(2,3)35(6)27-17-19-33(4)26(22-27)13-14-28-30-16-15-29(34(30,5)20-18-31(28)33)25-12-11-23-9-7-8-10-24(23)21-25/h7-13,21,27-31H,14-20,22H2,1-6H3/t27-,28-,29+,30-,31?,33-,34+/m0/s1. The Morgan fingerprint density at radius 2 is 1.63 bits per heavy atom. The number of hydrogen-bond donors (Lipinski definition) is 0. The molecule has 1 unspecified atom stereocenters. The Morgan fingerprint density at radius 1 is 0.857 bits per heavy atom. The average molecular weight is 470 g/mol. The van der Waals surface area contributed by atoms with E-state index >= 15 is 0 Å². The van der Waals surface area contributed by atoms with Gasteiger partial charge >= 0.3 is 0 Å². The molecule has 4 aliphatic carbocycles. The highest BCUT2D eigenvalue weighted by atomic mass is 15.2. The van der Waals surface area contributed by atoms with Gasteiger partial charge in [0.25, 0.3) is 0 Å². The van der Waals surface area contributed by atoms with Crippen LogP contribution >= 0.6 is 0 Å². The first-order chi connectivity index (χ1) is 16.6. The molecule has 3 saturated carbocycles. The molecule has 0 spiro atoms. The van der Waals surface area contributed by atoms with Gasteiger partial charge in [0.1, 0.15) is 0 Å². The van der Waals surface area contributed by atoms with Gasteiger partial charge in [-0.05, 0) is 130 Å². The molecular formula is C34H47N. The smallest absolute Gasteiger partial charge is 0.0135 e. The van der Waals surface area contributed by atoms with E-state index in [4.69, 9.17) is 0 Å². The minimum Gasteiger partial charge on any atom is -0.298 e. The van der Waals surface area contributed by atoms with Crippen molar-refractivity contribution in [2.45, 2.75) is 103 Å². The molecule has 0 bridgehead atoms. The maximum atomic E-state index is 2.75. The van der Waals surface area contributed by atoms with Crippen molar-refractivity contribution in [1.82, 2.24) is 4.90 Å². The fraction of sp³-hybridized carbons (Fsp3) is 0.647. The van der Waals surface area contributed by atoms with Crippen LogP contribution in [0.25, 0.3) is 10.8 Å². The predicted molar refractivity (Wildman–Crippen MR) is 150 cm³/mol. The van der Waals surface area contributed by atoms with Crippen LogP contribution in [0.3, 0.4) is 0 Å². The summed E-state index contributed by atoms with van der Waals surface area (Å²) in [5, 5.41) is 2.80. The Morgan fingerprint density at radius 3 is 2.40 bits per heavy atom. The van der Waals surface area contributed by atoms with Crippen molar-refractivity contribution < 1.29 is 0 Å². The third-order valence-corrected chi connectivity index (χ3v) is 11.9. The van der Waals surface area contributed by atoms with E-state index in [1.54, 1.807) is 5.56 Å². The van der Waals surface area contributed by atoms with Crippen LogP contribution in [0.2, 0.25) is 0 Å². The lowest BCUT2D eigenvalue weighted by Gasteiger charge is -2.59. The molecule has 1 nitrogen and oxygen atoms in total. The van der Waals surface area contributed by atoms with Gasteiger partial charge in [-0.3, -0.25) is 4.90 Å². The Bertz CT molecular complexity index is 1140. The van der Waals surface area contributed by atoms with Gasteiger partial charge in [-0.25, -0.2) is 0 Å². The first kappa shape index (κ1) is 23.8. The molecule has 3 fully saturated rings. The molecule has 0 N–H and O–H groups in total. The van der Waals surface area contributed by atoms with Crippen molar-refractivity contribution in [2.24, 2.45) is 28.6 Å². The van der Waals surface area contributed by atoms with Crippen molar-refractivity contribution in [3.63, 3.8) is 0 Å². The van der Waals surface area contributed by atoms with Gasteiger partial charge < -0.3 is 0 Å². The zero-order valence-corrected chi connectivity index (χ0v) is 23.1. The maximum Gasteiger partial charge on any atom is 0.0135 e. The lowest BCUT2D eigenvalue weighted by atomic mass is 9.47. The van der Waals surface area contributed by atoms with Gasteiger partial charge in [0.05, 0.1) is 0 Å². The lowest BCUT2D eigenvalue weighted by Crippen LogP contribution is -2.53. The van der Waals surface area contributed by atoms with Crippen LogP contribution in [-0.4, -0.2) is 23.5 Å². The first-order valence-corrected chi connectivity index (χ1v) is 14.5. The summed E-state index contributed by atoms with van der Waals surface area (Å²) in [6, 6.07) is 17.0. The largest absolute Gasteiger partial charge is 0.298 e. The Balaban J connectivity index is 1.26. The topological polar surface area (TPSA) is 3.24 Å². The van der Waals surface area contributed by atoms with Gasteiger partial charge in [-0.1, -0.05) is 68.0 Å². The minimum atomic E-state index is 0.254. The van der Waals surface area contributed by atoms with E-state index < -0.39 is 0 Å². The molecular weight excluding hydrogens is 422 g/mol. The summed E-state index contributed by atoms with van der Waals surface area (Å²) in [5.41, 5.74) is 4.59. The summed E-state index contributed by atoms with van der Waals surface area (Å²) in [6.45, 7) is 12.5. The molecule has 2 aromatic carbocycles. The molecule has 35 heavy (non-hydrogen) atoms. The van der Waals surface area contributed by atoms with E-state index in [-0.39, 0.29) is 5.54 Å². The molecule has 6 rings (SSSR count). The molecule has 0 radical (unpaired) electrons. The number of allylic oxidation sites excluding steroid dienone is 1. The summed E-state index contributed by atoms with van der Waals surface area (Å²) in [5.74, 6) is 3.41. The normalized spacial score (nSPS) is 39.2. The first-order valence-electron chi connectivity index (χ1n) is 14.5. The van der Waals surface area contributed by atoms with Crippen LogP contribution in [0.4, 0.5) is 0 Å². The van der Waals surface area contributed by atoms with Gasteiger partial charge in [0.2, 0.25) is 0 Å². The van der Waals surface area contributed by atoms with E-state index in [1.807, 2.05) is 5.57 Å². The highest BCUT2D eigenvalue weighted by Gasteiger charge is 2.59. The quantitative estimate of drug-likeness (QED) is 0.397. The fourth-order valence-corrected chi connectivity index (χ4v) is 9.49. The molecule has 4 aliphatic rings. The third kappa shape index (κ3) is 3.66. The van der Waals surface area contributed by atoms with E-state index in [1.165, 1.54) is 62.1 Å². The van der Waals surface area contributed by atoms with Gasteiger partial charge in [-0.2, -0.15) is 0 Å². The molecule has 2 aromatic rings. The molecule has 0 amide bonds. The van der Waals surface area contributed by atoms with E-state index in [0.29, 0.717) is 16.9 Å². The van der Waals surface area contributed by atoms with Crippen molar-refractivity contribution in [2.75, 3.05) is 7.05 Å². The molecule has 0 heterocycles. The SMILES string of the molecule is CN([C@H]1CC[C@@]2(C)C(=CC[C@@H]3C2CC[C@]2(C)[C@@H](c4ccc5ccccc5c4)CC[C@@H]32)C1)C(C)(C)C. The van der Waals surface area contributed by atoms with Crippen LogP contribution < -0.4 is 0 Å². The van der Waals surface area contributed by atoms with Crippen LogP contribution in [-0.2, 0) is 0 Å². The number of fused-ring (bicyclic) bond motifs is 6. The summed E-state index contributed by atoms with van der Waals surface area (Å²) in [4.78, 5) is 2.66. The second-order valence-electron chi connectivity index (χ2n) is 14.2. The Labute approximate surface area is 214 Å². The highest BCUT2D eigenvalue weighted by molar-refractivity contribution is 5.83. The Hall–Kier alpha value is -1.60.